The molecular formula is C19H22F3N7O2. The molecule has 0 aromatic carbocycles. The highest BCUT2D eigenvalue weighted by Gasteiger charge is 2.37. The Hall–Kier alpha value is -3.33. The largest absolute Gasteiger partial charge is 0.423 e. The van der Waals surface area contributed by atoms with E-state index in [1.807, 2.05) is 0 Å². The number of nitriles is 1. The monoisotopic (exact) mass is 437 g/mol. The Morgan fingerprint density at radius 3 is 2.97 bits per heavy atom. The maximum Gasteiger partial charge on any atom is 0.423 e. The Morgan fingerprint density at radius 2 is 2.26 bits per heavy atom. The van der Waals surface area contributed by atoms with Gasteiger partial charge in [-0.2, -0.15) is 23.5 Å². The van der Waals surface area contributed by atoms with Crippen molar-refractivity contribution in [3.8, 4) is 6.07 Å². The maximum atomic E-state index is 13.2. The van der Waals surface area contributed by atoms with E-state index in [0.717, 1.165) is 6.20 Å². The van der Waals surface area contributed by atoms with Crippen LogP contribution in [0, 0.1) is 11.3 Å². The molecule has 0 bridgehead atoms. The van der Waals surface area contributed by atoms with Crippen LogP contribution in [0.5, 0.6) is 0 Å². The van der Waals surface area contributed by atoms with Crippen LogP contribution in [-0.2, 0) is 12.7 Å². The third-order valence-corrected chi connectivity index (χ3v) is 4.96. The van der Waals surface area contributed by atoms with Crippen molar-refractivity contribution in [3.05, 3.63) is 46.1 Å². The average Bonchev–Trinajstić information content (AvgIpc) is 3.15. The lowest BCUT2D eigenvalue weighted by atomic mass is 10.1. The molecule has 9 nitrogen and oxygen atoms in total. The Kier molecular flexibility index (Phi) is 6.65. The number of hydrogen-bond acceptors (Lipinski definition) is 6. The lowest BCUT2D eigenvalue weighted by Gasteiger charge is -2.34. The minimum atomic E-state index is -4.82. The quantitative estimate of drug-likeness (QED) is 0.629. The molecule has 0 saturated carbocycles. The third kappa shape index (κ3) is 5.24. The van der Waals surface area contributed by atoms with Crippen LogP contribution >= 0.6 is 0 Å². The van der Waals surface area contributed by atoms with E-state index in [1.165, 1.54) is 0 Å². The van der Waals surface area contributed by atoms with E-state index in [2.05, 4.69) is 21.8 Å². The van der Waals surface area contributed by atoms with Crippen molar-refractivity contribution in [1.29, 1.82) is 5.26 Å². The van der Waals surface area contributed by atoms with Crippen molar-refractivity contribution in [1.82, 2.24) is 25.0 Å². The smallest absolute Gasteiger partial charge is 0.379 e. The number of anilines is 1. The summed E-state index contributed by atoms with van der Waals surface area (Å²) in [6, 6.07) is 3.02. The predicted molar refractivity (Wildman–Crippen MR) is 105 cm³/mol. The number of nitrogens with zero attached hydrogens (tertiary/aromatic N) is 4. The molecule has 12 heteroatoms. The molecule has 0 spiro atoms. The number of amides is 1. The normalized spacial score (nSPS) is 17.8. The Labute approximate surface area is 175 Å². The first-order valence-corrected chi connectivity index (χ1v) is 9.66. The highest BCUT2D eigenvalue weighted by atomic mass is 19.4. The van der Waals surface area contributed by atoms with Gasteiger partial charge in [0.1, 0.15) is 5.56 Å². The summed E-state index contributed by atoms with van der Waals surface area (Å²) < 4.78 is 41.2. The summed E-state index contributed by atoms with van der Waals surface area (Å²) in [6.07, 6.45) is -0.396. The number of hydrogen-bond donors (Lipinski definition) is 3. The Morgan fingerprint density at radius 1 is 1.48 bits per heavy atom. The number of rotatable bonds is 6. The SMILES string of the molecule is C[C@@H](Cn1ccc(C(=O)N2CCNC[C@@H]2CC#N)c1)Nc1cn[nH]c(=O)c1C(F)(F)F. The second kappa shape index (κ2) is 9.22. The van der Waals surface area contributed by atoms with Crippen molar-refractivity contribution in [2.75, 3.05) is 25.0 Å². The number of H-pyrrole nitrogens is 1. The first kappa shape index (κ1) is 22.4. The molecule has 2 atom stereocenters. The minimum Gasteiger partial charge on any atom is -0.379 e. The predicted octanol–water partition coefficient (Wildman–Crippen LogP) is 1.42. The molecule has 1 aliphatic heterocycles. The zero-order valence-corrected chi connectivity index (χ0v) is 16.7. The number of halogens is 3. The van der Waals surface area contributed by atoms with Crippen LogP contribution in [-0.4, -0.2) is 57.3 Å². The molecule has 1 amide bonds. The van der Waals surface area contributed by atoms with Gasteiger partial charge in [-0.3, -0.25) is 9.59 Å². The van der Waals surface area contributed by atoms with Gasteiger partial charge in [0, 0.05) is 44.6 Å². The van der Waals surface area contributed by atoms with E-state index >= 15 is 0 Å². The van der Waals surface area contributed by atoms with Crippen molar-refractivity contribution in [2.45, 2.75) is 38.1 Å². The molecule has 3 heterocycles. The molecule has 166 valence electrons. The van der Waals surface area contributed by atoms with E-state index in [-0.39, 0.29) is 24.9 Å². The van der Waals surface area contributed by atoms with E-state index < -0.39 is 29.0 Å². The molecule has 0 radical (unpaired) electrons. The first-order chi connectivity index (χ1) is 14.7. The van der Waals surface area contributed by atoms with Gasteiger partial charge in [-0.15, -0.1) is 0 Å². The van der Waals surface area contributed by atoms with Crippen LogP contribution < -0.4 is 16.2 Å². The van der Waals surface area contributed by atoms with Gasteiger partial charge in [-0.1, -0.05) is 0 Å². The summed E-state index contributed by atoms with van der Waals surface area (Å²) in [6.45, 7) is 3.58. The second-order valence-corrected chi connectivity index (χ2v) is 7.35. The summed E-state index contributed by atoms with van der Waals surface area (Å²) in [7, 11) is 0. The molecule has 2 aromatic heterocycles. The van der Waals surface area contributed by atoms with Crippen molar-refractivity contribution >= 4 is 11.6 Å². The average molecular weight is 437 g/mol. The first-order valence-electron chi connectivity index (χ1n) is 9.66. The molecule has 3 rings (SSSR count). The third-order valence-electron chi connectivity index (χ3n) is 4.96. The van der Waals surface area contributed by atoms with Gasteiger partial charge in [0.2, 0.25) is 0 Å². The van der Waals surface area contributed by atoms with Gasteiger partial charge in [0.25, 0.3) is 11.5 Å². The molecule has 2 aromatic rings. The molecule has 0 aliphatic carbocycles. The van der Waals surface area contributed by atoms with Crippen LogP contribution in [0.4, 0.5) is 18.9 Å². The summed E-state index contributed by atoms with van der Waals surface area (Å²) in [5, 5.41) is 20.0. The number of piperazine rings is 1. The van der Waals surface area contributed by atoms with Gasteiger partial charge in [-0.25, -0.2) is 5.10 Å². The van der Waals surface area contributed by atoms with Gasteiger partial charge in [-0.05, 0) is 13.0 Å². The minimum absolute atomic E-state index is 0.195. The van der Waals surface area contributed by atoms with Gasteiger partial charge in [0.15, 0.2) is 0 Å². The van der Waals surface area contributed by atoms with E-state index in [1.54, 1.807) is 39.9 Å². The van der Waals surface area contributed by atoms with Crippen molar-refractivity contribution < 1.29 is 18.0 Å². The number of alkyl halides is 3. The Bertz CT molecular complexity index is 1020. The van der Waals surface area contributed by atoms with Crippen molar-refractivity contribution in [2.24, 2.45) is 0 Å². The molecule has 31 heavy (non-hydrogen) atoms. The molecule has 0 unspecified atom stereocenters. The summed E-state index contributed by atoms with van der Waals surface area (Å²) >= 11 is 0. The standard InChI is InChI=1S/C19H22F3N7O2/c1-12(26-15-9-25-27-17(30)16(15)19(20,21)22)10-28-6-3-13(11-28)18(31)29-7-5-24-8-14(29)2-4-23/h3,6,9,11-12,14,24H,2,5,7-8,10H2,1H3,(H2,26,27,30)/t12-,14-/m0/s1. The number of aromatic amines is 1. The Balaban J connectivity index is 1.69. The fourth-order valence-corrected chi connectivity index (χ4v) is 3.58. The zero-order valence-electron chi connectivity index (χ0n) is 16.7. The molecule has 1 fully saturated rings. The number of aromatic nitrogens is 3. The van der Waals surface area contributed by atoms with Gasteiger partial charge >= 0.3 is 6.18 Å². The summed E-state index contributed by atoms with van der Waals surface area (Å²) in [5.74, 6) is -0.195. The molecule has 1 saturated heterocycles. The van der Waals surface area contributed by atoms with E-state index in [0.29, 0.717) is 25.2 Å². The fraction of sp³-hybridized carbons (Fsp3) is 0.474. The molecule has 1 aliphatic rings. The molecular weight excluding hydrogens is 415 g/mol. The number of nitrogens with one attached hydrogen (secondary N) is 3. The van der Waals surface area contributed by atoms with E-state index in [4.69, 9.17) is 5.26 Å². The fourth-order valence-electron chi connectivity index (χ4n) is 3.58. The number of carbonyl (C=O) groups excluding carboxylic acids is 1. The van der Waals surface area contributed by atoms with Gasteiger partial charge < -0.3 is 20.1 Å². The zero-order chi connectivity index (χ0) is 22.6. The van der Waals surface area contributed by atoms with Crippen LogP contribution in [0.3, 0.4) is 0 Å². The summed E-state index contributed by atoms with van der Waals surface area (Å²) in [5.41, 5.74) is -2.63. The highest BCUT2D eigenvalue weighted by molar-refractivity contribution is 5.94. The van der Waals surface area contributed by atoms with Gasteiger partial charge in [0.05, 0.1) is 36.0 Å². The van der Waals surface area contributed by atoms with Crippen LogP contribution in [0.25, 0.3) is 0 Å². The topological polar surface area (TPSA) is 119 Å². The lowest BCUT2D eigenvalue weighted by Crippen LogP contribution is -2.53. The van der Waals surface area contributed by atoms with Crippen LogP contribution in [0.2, 0.25) is 0 Å². The van der Waals surface area contributed by atoms with Crippen LogP contribution in [0.1, 0.15) is 29.3 Å². The lowest BCUT2D eigenvalue weighted by molar-refractivity contribution is -0.138. The summed E-state index contributed by atoms with van der Waals surface area (Å²) in [4.78, 5) is 26.1. The van der Waals surface area contributed by atoms with E-state index in [9.17, 15) is 22.8 Å². The van der Waals surface area contributed by atoms with Crippen molar-refractivity contribution in [3.63, 3.8) is 0 Å². The number of carbonyl (C=O) groups is 1. The second-order valence-electron chi connectivity index (χ2n) is 7.35. The molecule has 3 N–H and O–H groups in total. The van der Waals surface area contributed by atoms with Crippen LogP contribution in [0.15, 0.2) is 29.5 Å². The highest BCUT2D eigenvalue weighted by Crippen LogP contribution is 2.31. The maximum absolute atomic E-state index is 13.2.